The van der Waals surface area contributed by atoms with E-state index in [9.17, 15) is 9.59 Å². The van der Waals surface area contributed by atoms with E-state index in [0.29, 0.717) is 25.3 Å². The number of esters is 1. The number of ether oxygens (including phenoxy) is 2. The minimum absolute atomic E-state index is 0.334. The number of hydrogen-bond acceptors (Lipinski definition) is 4. The maximum atomic E-state index is 11.4. The SMILES string of the molecule is CCOC(=O)/C=C1\CCCCN1C(=O)OC. The summed E-state index contributed by atoms with van der Waals surface area (Å²) in [6, 6.07) is 0. The van der Waals surface area contributed by atoms with Crippen LogP contribution in [-0.2, 0) is 14.3 Å². The minimum Gasteiger partial charge on any atom is -0.463 e. The van der Waals surface area contributed by atoms with E-state index in [0.717, 1.165) is 12.8 Å². The molecular formula is C11H17NO4. The Labute approximate surface area is 95.0 Å². The largest absolute Gasteiger partial charge is 0.463 e. The summed E-state index contributed by atoms with van der Waals surface area (Å²) in [6.07, 6.45) is 3.55. The topological polar surface area (TPSA) is 55.8 Å². The van der Waals surface area contributed by atoms with E-state index in [1.807, 2.05) is 0 Å². The minimum atomic E-state index is -0.421. The molecule has 1 heterocycles. The van der Waals surface area contributed by atoms with Crippen molar-refractivity contribution in [3.05, 3.63) is 11.8 Å². The quantitative estimate of drug-likeness (QED) is 0.532. The molecule has 0 N–H and O–H groups in total. The van der Waals surface area contributed by atoms with Gasteiger partial charge in [-0.2, -0.15) is 0 Å². The third-order valence-corrected chi connectivity index (χ3v) is 2.38. The number of carbonyl (C=O) groups excluding carboxylic acids is 2. The predicted octanol–water partition coefficient (Wildman–Crippen LogP) is 1.69. The molecular weight excluding hydrogens is 210 g/mol. The average Bonchev–Trinajstić information content (AvgIpc) is 2.29. The van der Waals surface area contributed by atoms with Crippen LogP contribution in [0.2, 0.25) is 0 Å². The van der Waals surface area contributed by atoms with Crippen LogP contribution in [0, 0.1) is 0 Å². The molecule has 0 atom stereocenters. The van der Waals surface area contributed by atoms with E-state index in [-0.39, 0.29) is 0 Å². The number of carbonyl (C=O) groups is 2. The highest BCUT2D eigenvalue weighted by atomic mass is 16.5. The van der Waals surface area contributed by atoms with Crippen molar-refractivity contribution in [2.75, 3.05) is 20.3 Å². The van der Waals surface area contributed by atoms with Gasteiger partial charge >= 0.3 is 12.1 Å². The molecule has 0 unspecified atom stereocenters. The second-order valence-electron chi connectivity index (χ2n) is 3.47. The molecule has 5 nitrogen and oxygen atoms in total. The first-order chi connectivity index (χ1) is 7.69. The summed E-state index contributed by atoms with van der Waals surface area (Å²) in [6.45, 7) is 2.67. The highest BCUT2D eigenvalue weighted by Gasteiger charge is 2.22. The van der Waals surface area contributed by atoms with Gasteiger partial charge in [0.2, 0.25) is 0 Å². The summed E-state index contributed by atoms with van der Waals surface area (Å²) in [5.41, 5.74) is 0.677. The van der Waals surface area contributed by atoms with Crippen molar-refractivity contribution >= 4 is 12.1 Å². The first-order valence-electron chi connectivity index (χ1n) is 5.41. The van der Waals surface area contributed by atoms with Crippen LogP contribution in [0.3, 0.4) is 0 Å². The van der Waals surface area contributed by atoms with Crippen LogP contribution in [0.1, 0.15) is 26.2 Å². The molecule has 16 heavy (non-hydrogen) atoms. The molecule has 1 aliphatic heterocycles. The summed E-state index contributed by atoms with van der Waals surface area (Å²) in [5, 5.41) is 0. The van der Waals surface area contributed by atoms with Gasteiger partial charge in [0.05, 0.1) is 13.7 Å². The van der Waals surface area contributed by atoms with Crippen LogP contribution in [0.25, 0.3) is 0 Å². The lowest BCUT2D eigenvalue weighted by Gasteiger charge is -2.28. The molecule has 0 aliphatic carbocycles. The number of rotatable bonds is 2. The molecule has 1 fully saturated rings. The highest BCUT2D eigenvalue weighted by molar-refractivity contribution is 5.84. The lowest BCUT2D eigenvalue weighted by Crippen LogP contribution is -2.34. The molecule has 1 rings (SSSR count). The first-order valence-corrected chi connectivity index (χ1v) is 5.41. The van der Waals surface area contributed by atoms with E-state index in [4.69, 9.17) is 4.74 Å². The molecule has 90 valence electrons. The summed E-state index contributed by atoms with van der Waals surface area (Å²) in [7, 11) is 1.33. The van der Waals surface area contributed by atoms with Gasteiger partial charge in [-0.1, -0.05) is 0 Å². The van der Waals surface area contributed by atoms with Gasteiger partial charge in [0.25, 0.3) is 0 Å². The van der Waals surface area contributed by atoms with Gasteiger partial charge in [-0.25, -0.2) is 9.59 Å². The Kier molecular flexibility index (Phi) is 4.82. The second-order valence-corrected chi connectivity index (χ2v) is 3.47. The van der Waals surface area contributed by atoms with Crippen molar-refractivity contribution in [2.45, 2.75) is 26.2 Å². The number of allylic oxidation sites excluding steroid dienone is 1. The standard InChI is InChI=1S/C11H17NO4/c1-3-16-10(13)8-9-6-4-5-7-12(9)11(14)15-2/h8H,3-7H2,1-2H3/b9-8+. The summed E-state index contributed by atoms with van der Waals surface area (Å²) in [4.78, 5) is 24.2. The molecule has 5 heteroatoms. The van der Waals surface area contributed by atoms with E-state index in [1.165, 1.54) is 18.1 Å². The van der Waals surface area contributed by atoms with E-state index in [1.54, 1.807) is 6.92 Å². The van der Waals surface area contributed by atoms with E-state index in [2.05, 4.69) is 4.74 Å². The van der Waals surface area contributed by atoms with Crippen LogP contribution in [-0.4, -0.2) is 37.2 Å². The predicted molar refractivity (Wildman–Crippen MR) is 57.7 cm³/mol. The van der Waals surface area contributed by atoms with Crippen molar-refractivity contribution in [1.82, 2.24) is 4.90 Å². The lowest BCUT2D eigenvalue weighted by atomic mass is 10.1. The Balaban J connectivity index is 2.73. The monoisotopic (exact) mass is 227 g/mol. The normalized spacial score (nSPS) is 18.4. The van der Waals surface area contributed by atoms with Crippen molar-refractivity contribution in [3.8, 4) is 0 Å². The van der Waals surface area contributed by atoms with Gasteiger partial charge in [0, 0.05) is 18.3 Å². The third-order valence-electron chi connectivity index (χ3n) is 2.38. The molecule has 0 aromatic rings. The van der Waals surface area contributed by atoms with Gasteiger partial charge in [-0.3, -0.25) is 4.90 Å². The fraction of sp³-hybridized carbons (Fsp3) is 0.636. The molecule has 0 radical (unpaired) electrons. The molecule has 1 aliphatic rings. The Morgan fingerprint density at radius 2 is 2.19 bits per heavy atom. The Morgan fingerprint density at radius 1 is 1.44 bits per heavy atom. The molecule has 0 aromatic carbocycles. The van der Waals surface area contributed by atoms with Crippen LogP contribution >= 0.6 is 0 Å². The number of methoxy groups -OCH3 is 1. The second kappa shape index (κ2) is 6.15. The highest BCUT2D eigenvalue weighted by Crippen LogP contribution is 2.21. The molecule has 1 saturated heterocycles. The molecule has 0 spiro atoms. The lowest BCUT2D eigenvalue weighted by molar-refractivity contribution is -0.137. The number of piperidine rings is 1. The Bertz CT molecular complexity index is 298. The maximum absolute atomic E-state index is 11.4. The zero-order chi connectivity index (χ0) is 12.0. The molecule has 0 bridgehead atoms. The Morgan fingerprint density at radius 3 is 2.81 bits per heavy atom. The fourth-order valence-corrected chi connectivity index (χ4v) is 1.64. The van der Waals surface area contributed by atoms with Gasteiger partial charge in [-0.05, 0) is 26.2 Å². The van der Waals surface area contributed by atoms with Crippen LogP contribution < -0.4 is 0 Å². The number of hydrogen-bond donors (Lipinski definition) is 0. The van der Waals surface area contributed by atoms with Crippen molar-refractivity contribution < 1.29 is 19.1 Å². The molecule has 0 aromatic heterocycles. The summed E-state index contributed by atoms with van der Waals surface area (Å²) in [5.74, 6) is -0.409. The van der Waals surface area contributed by atoms with E-state index < -0.39 is 12.1 Å². The first kappa shape index (κ1) is 12.5. The number of nitrogens with zero attached hydrogens (tertiary/aromatic N) is 1. The molecule has 0 saturated carbocycles. The van der Waals surface area contributed by atoms with Crippen LogP contribution in [0.5, 0.6) is 0 Å². The van der Waals surface area contributed by atoms with Gasteiger partial charge in [-0.15, -0.1) is 0 Å². The van der Waals surface area contributed by atoms with Crippen molar-refractivity contribution in [2.24, 2.45) is 0 Å². The summed E-state index contributed by atoms with van der Waals surface area (Å²) < 4.78 is 9.47. The summed E-state index contributed by atoms with van der Waals surface area (Å²) >= 11 is 0. The van der Waals surface area contributed by atoms with Gasteiger partial charge in [0.15, 0.2) is 0 Å². The zero-order valence-corrected chi connectivity index (χ0v) is 9.69. The zero-order valence-electron chi connectivity index (χ0n) is 9.69. The van der Waals surface area contributed by atoms with E-state index >= 15 is 0 Å². The maximum Gasteiger partial charge on any atom is 0.413 e. The average molecular weight is 227 g/mol. The Hall–Kier alpha value is -1.52. The number of amides is 1. The van der Waals surface area contributed by atoms with Crippen molar-refractivity contribution in [1.29, 1.82) is 0 Å². The fourth-order valence-electron chi connectivity index (χ4n) is 1.64. The van der Waals surface area contributed by atoms with Gasteiger partial charge < -0.3 is 9.47 Å². The van der Waals surface area contributed by atoms with Crippen LogP contribution in [0.15, 0.2) is 11.8 Å². The number of likely N-dealkylation sites (tertiary alicyclic amines) is 1. The molecule has 1 amide bonds. The van der Waals surface area contributed by atoms with Crippen molar-refractivity contribution in [3.63, 3.8) is 0 Å². The third kappa shape index (κ3) is 3.25. The van der Waals surface area contributed by atoms with Crippen LogP contribution in [0.4, 0.5) is 4.79 Å². The smallest absolute Gasteiger partial charge is 0.413 e. The van der Waals surface area contributed by atoms with Gasteiger partial charge in [0.1, 0.15) is 0 Å².